The molecule has 2 heteroatoms. The number of fused-ring (bicyclic) bond motifs is 3. The predicted molar refractivity (Wildman–Crippen MR) is 104 cm³/mol. The summed E-state index contributed by atoms with van der Waals surface area (Å²) in [7, 11) is 0. The molecule has 1 aliphatic rings. The Morgan fingerprint density at radius 1 is 0.667 bits per heavy atom. The molecule has 3 aromatic carbocycles. The van der Waals surface area contributed by atoms with E-state index >= 15 is 0 Å². The van der Waals surface area contributed by atoms with Gasteiger partial charge in [0.25, 0.3) is 0 Å². The second-order valence-electron chi connectivity index (χ2n) is 6.22. The van der Waals surface area contributed by atoms with Crippen molar-refractivity contribution in [2.24, 2.45) is 0 Å². The Kier molecular flexibility index (Phi) is 3.17. The van der Waals surface area contributed by atoms with Crippen LogP contribution in [-0.4, -0.2) is 0 Å². The summed E-state index contributed by atoms with van der Waals surface area (Å²) >= 11 is 1.87. The van der Waals surface area contributed by atoms with E-state index in [9.17, 15) is 0 Å². The average Bonchev–Trinajstić information content (AvgIpc) is 2.98. The molecular weight excluding hydrogens is 310 g/mol. The van der Waals surface area contributed by atoms with Crippen LogP contribution in [0.15, 0.2) is 78.9 Å². The molecule has 0 fully saturated rings. The van der Waals surface area contributed by atoms with Crippen molar-refractivity contribution in [2.75, 3.05) is 4.90 Å². The smallest absolute Gasteiger partial charge is 0.101 e. The Morgan fingerprint density at radius 3 is 1.92 bits per heavy atom. The summed E-state index contributed by atoms with van der Waals surface area (Å²) in [6, 6.07) is 28.6. The van der Waals surface area contributed by atoms with Crippen LogP contribution in [0.5, 0.6) is 0 Å². The fourth-order valence-electron chi connectivity index (χ4n) is 3.60. The van der Waals surface area contributed by atoms with Gasteiger partial charge in [-0.15, -0.1) is 11.3 Å². The lowest BCUT2D eigenvalue weighted by Crippen LogP contribution is -2.09. The average molecular weight is 327 g/mol. The first-order valence-electron chi connectivity index (χ1n) is 8.35. The molecule has 2 heterocycles. The van der Waals surface area contributed by atoms with Crippen LogP contribution in [0.2, 0.25) is 0 Å². The zero-order chi connectivity index (χ0) is 15.9. The molecule has 0 N–H and O–H groups in total. The van der Waals surface area contributed by atoms with Crippen LogP contribution in [-0.2, 0) is 12.8 Å². The van der Waals surface area contributed by atoms with Crippen LogP contribution in [0.3, 0.4) is 0 Å². The minimum atomic E-state index is 1.09. The van der Waals surface area contributed by atoms with E-state index < -0.39 is 0 Å². The second kappa shape index (κ2) is 5.50. The Morgan fingerprint density at radius 2 is 1.25 bits per heavy atom. The number of para-hydroxylation sites is 2. The van der Waals surface area contributed by atoms with Gasteiger partial charge in [-0.3, -0.25) is 0 Å². The molecule has 1 aromatic heterocycles. The van der Waals surface area contributed by atoms with Gasteiger partial charge < -0.3 is 4.90 Å². The molecule has 0 saturated carbocycles. The summed E-state index contributed by atoms with van der Waals surface area (Å²) < 4.78 is 1.34. The van der Waals surface area contributed by atoms with Gasteiger partial charge in [0, 0.05) is 4.70 Å². The molecule has 0 saturated heterocycles. The first kappa shape index (κ1) is 13.8. The number of anilines is 3. The van der Waals surface area contributed by atoms with Gasteiger partial charge >= 0.3 is 0 Å². The molecule has 24 heavy (non-hydrogen) atoms. The van der Waals surface area contributed by atoms with Gasteiger partial charge in [0.2, 0.25) is 0 Å². The number of nitrogens with zero attached hydrogens (tertiary/aromatic N) is 1. The van der Waals surface area contributed by atoms with E-state index in [4.69, 9.17) is 0 Å². The number of benzene rings is 3. The molecule has 0 amide bonds. The Hall–Kier alpha value is -2.58. The largest absolute Gasteiger partial charge is 0.301 e. The van der Waals surface area contributed by atoms with Gasteiger partial charge in [-0.1, -0.05) is 54.6 Å². The van der Waals surface area contributed by atoms with Crippen LogP contribution >= 0.6 is 11.3 Å². The molecule has 0 spiro atoms. The standard InChI is InChI=1S/C22H17NS/c1-4-10-19-16(7-1)13-14-17-8-2-5-11-20(17)23(19)22-15-18-9-3-6-12-21(18)24-22/h1-12,15H,13-14H2. The van der Waals surface area contributed by atoms with Crippen LogP contribution < -0.4 is 4.90 Å². The third kappa shape index (κ3) is 2.15. The van der Waals surface area contributed by atoms with Crippen molar-refractivity contribution < 1.29 is 0 Å². The molecule has 1 nitrogen and oxygen atoms in total. The predicted octanol–water partition coefficient (Wildman–Crippen LogP) is 6.47. The van der Waals surface area contributed by atoms with E-state index in [1.54, 1.807) is 0 Å². The minimum absolute atomic E-state index is 1.09. The molecular formula is C22H17NS. The van der Waals surface area contributed by atoms with E-state index in [0.717, 1.165) is 12.8 Å². The van der Waals surface area contributed by atoms with Gasteiger partial charge in [0.15, 0.2) is 0 Å². The highest BCUT2D eigenvalue weighted by atomic mass is 32.1. The van der Waals surface area contributed by atoms with Gasteiger partial charge in [-0.2, -0.15) is 0 Å². The van der Waals surface area contributed by atoms with Crippen LogP contribution in [0.1, 0.15) is 11.1 Å². The number of hydrogen-bond donors (Lipinski definition) is 0. The highest BCUT2D eigenvalue weighted by molar-refractivity contribution is 7.23. The van der Waals surface area contributed by atoms with E-state index in [1.807, 2.05) is 11.3 Å². The summed E-state index contributed by atoms with van der Waals surface area (Å²) in [6.07, 6.45) is 2.18. The van der Waals surface area contributed by atoms with Gasteiger partial charge in [0.05, 0.1) is 11.4 Å². The highest BCUT2D eigenvalue weighted by Crippen LogP contribution is 2.45. The van der Waals surface area contributed by atoms with Crippen molar-refractivity contribution in [3.8, 4) is 0 Å². The van der Waals surface area contributed by atoms with Crippen molar-refractivity contribution in [3.05, 3.63) is 90.0 Å². The zero-order valence-corrected chi connectivity index (χ0v) is 14.1. The van der Waals surface area contributed by atoms with E-state index in [-0.39, 0.29) is 0 Å². The SMILES string of the molecule is c1ccc2c(c1)CCc1ccccc1N2c1cc2ccccc2s1. The van der Waals surface area contributed by atoms with E-state index in [2.05, 4.69) is 83.8 Å². The van der Waals surface area contributed by atoms with Crippen molar-refractivity contribution in [1.82, 2.24) is 0 Å². The van der Waals surface area contributed by atoms with Crippen LogP contribution in [0, 0.1) is 0 Å². The van der Waals surface area contributed by atoms with E-state index in [0.29, 0.717) is 0 Å². The molecule has 116 valence electrons. The maximum Gasteiger partial charge on any atom is 0.101 e. The molecule has 0 unspecified atom stereocenters. The minimum Gasteiger partial charge on any atom is -0.301 e. The molecule has 0 bridgehead atoms. The summed E-state index contributed by atoms with van der Waals surface area (Å²) in [6.45, 7) is 0. The maximum atomic E-state index is 2.45. The third-order valence-electron chi connectivity index (χ3n) is 4.76. The Balaban J connectivity index is 1.79. The number of aryl methyl sites for hydroxylation is 2. The van der Waals surface area contributed by atoms with Gasteiger partial charge in [-0.05, 0) is 53.6 Å². The molecule has 0 atom stereocenters. The Bertz CT molecular complexity index is 950. The number of rotatable bonds is 1. The fourth-order valence-corrected chi connectivity index (χ4v) is 4.69. The number of hydrogen-bond acceptors (Lipinski definition) is 2. The van der Waals surface area contributed by atoms with Crippen molar-refractivity contribution in [3.63, 3.8) is 0 Å². The summed E-state index contributed by atoms with van der Waals surface area (Å²) in [5.41, 5.74) is 5.47. The quantitative estimate of drug-likeness (QED) is 0.387. The monoisotopic (exact) mass is 327 g/mol. The Labute approximate surface area is 145 Å². The molecule has 5 rings (SSSR count). The highest BCUT2D eigenvalue weighted by Gasteiger charge is 2.22. The number of thiophene rings is 1. The fraction of sp³-hybridized carbons (Fsp3) is 0.0909. The topological polar surface area (TPSA) is 3.24 Å². The van der Waals surface area contributed by atoms with Crippen LogP contribution in [0.25, 0.3) is 10.1 Å². The van der Waals surface area contributed by atoms with Gasteiger partial charge in [-0.25, -0.2) is 0 Å². The lowest BCUT2D eigenvalue weighted by molar-refractivity contribution is 0.977. The molecule has 4 aromatic rings. The van der Waals surface area contributed by atoms with Crippen molar-refractivity contribution >= 4 is 37.8 Å². The summed E-state index contributed by atoms with van der Waals surface area (Å²) in [5, 5.41) is 2.61. The first-order chi connectivity index (χ1) is 11.9. The zero-order valence-electron chi connectivity index (χ0n) is 13.3. The molecule has 0 aliphatic carbocycles. The third-order valence-corrected chi connectivity index (χ3v) is 5.86. The van der Waals surface area contributed by atoms with Crippen molar-refractivity contribution in [2.45, 2.75) is 12.8 Å². The normalized spacial score (nSPS) is 13.4. The van der Waals surface area contributed by atoms with Crippen molar-refractivity contribution in [1.29, 1.82) is 0 Å². The lowest BCUT2D eigenvalue weighted by atomic mass is 10.0. The lowest BCUT2D eigenvalue weighted by Gasteiger charge is -2.25. The summed E-state index contributed by atoms with van der Waals surface area (Å²) in [4.78, 5) is 2.45. The molecule has 0 radical (unpaired) electrons. The molecule has 1 aliphatic heterocycles. The van der Waals surface area contributed by atoms with Gasteiger partial charge in [0.1, 0.15) is 5.00 Å². The van der Waals surface area contributed by atoms with Crippen LogP contribution in [0.4, 0.5) is 16.4 Å². The summed E-state index contributed by atoms with van der Waals surface area (Å²) in [5.74, 6) is 0. The second-order valence-corrected chi connectivity index (χ2v) is 7.28. The first-order valence-corrected chi connectivity index (χ1v) is 9.16. The maximum absolute atomic E-state index is 2.45. The van der Waals surface area contributed by atoms with E-state index in [1.165, 1.54) is 37.6 Å².